The largest absolute Gasteiger partial charge is 0.426 e. The molecule has 19 heavy (non-hydrogen) atoms. The first-order valence-corrected chi connectivity index (χ1v) is 5.64. The highest BCUT2D eigenvalue weighted by Gasteiger charge is 2.15. The van der Waals surface area contributed by atoms with Gasteiger partial charge in [-0.1, -0.05) is 11.6 Å². The summed E-state index contributed by atoms with van der Waals surface area (Å²) in [6, 6.07) is 6.54. The van der Waals surface area contributed by atoms with Gasteiger partial charge in [-0.25, -0.2) is 9.78 Å². The van der Waals surface area contributed by atoms with Crippen molar-refractivity contribution in [3.05, 3.63) is 50.1 Å². The van der Waals surface area contributed by atoms with Gasteiger partial charge in [0.2, 0.25) is 0 Å². The number of rotatable bonds is 1. The Kier molecular flexibility index (Phi) is 2.42. The average Bonchev–Trinajstić information content (AvgIpc) is 2.67. The van der Waals surface area contributed by atoms with Gasteiger partial charge in [0.15, 0.2) is 17.0 Å². The zero-order chi connectivity index (χ0) is 13.6. The van der Waals surface area contributed by atoms with Crippen molar-refractivity contribution >= 4 is 22.8 Å². The highest BCUT2D eigenvalue weighted by Crippen LogP contribution is 2.21. The highest BCUT2D eigenvalue weighted by molar-refractivity contribution is 6.30. The molecule has 0 bridgehead atoms. The summed E-state index contributed by atoms with van der Waals surface area (Å²) in [4.78, 5) is 31.1. The topological polar surface area (TPSA) is 104 Å². The smallest absolute Gasteiger partial charge is 0.327 e. The third-order valence-corrected chi connectivity index (χ3v) is 2.88. The Hall–Kier alpha value is -2.54. The van der Waals surface area contributed by atoms with Crippen LogP contribution in [0.3, 0.4) is 0 Å². The quantitative estimate of drug-likeness (QED) is 0.577. The first-order chi connectivity index (χ1) is 9.06. The Labute approximate surface area is 110 Å². The van der Waals surface area contributed by atoms with E-state index in [1.54, 1.807) is 24.3 Å². The van der Waals surface area contributed by atoms with Gasteiger partial charge in [-0.3, -0.25) is 14.8 Å². The number of nitrogens with zero attached hydrogens (tertiary/aromatic N) is 2. The van der Waals surface area contributed by atoms with Crippen LogP contribution in [0.2, 0.25) is 5.02 Å². The molecule has 3 rings (SSSR count). The van der Waals surface area contributed by atoms with E-state index in [1.807, 2.05) is 4.98 Å². The minimum absolute atomic E-state index is 0.0150. The SMILES string of the molecule is O=c1[nH]c(=O)c2c(nc(-c3ccc(Cl)cc3)n2O)[nH]1. The molecule has 8 heteroatoms. The normalized spacial score (nSPS) is 11.0. The summed E-state index contributed by atoms with van der Waals surface area (Å²) < 4.78 is 0.632. The predicted octanol–water partition coefficient (Wildman–Crippen LogP) is 0.971. The summed E-state index contributed by atoms with van der Waals surface area (Å²) >= 11 is 5.77. The molecule has 0 atom stereocenters. The van der Waals surface area contributed by atoms with E-state index < -0.39 is 11.2 Å². The Morgan fingerprint density at radius 3 is 2.53 bits per heavy atom. The molecule has 0 aliphatic heterocycles. The van der Waals surface area contributed by atoms with Gasteiger partial charge in [0.1, 0.15) is 0 Å². The molecule has 0 radical (unpaired) electrons. The van der Waals surface area contributed by atoms with Crippen LogP contribution in [0.5, 0.6) is 0 Å². The number of nitrogens with one attached hydrogen (secondary N) is 2. The number of H-pyrrole nitrogens is 2. The molecule has 2 aromatic heterocycles. The van der Waals surface area contributed by atoms with Crippen molar-refractivity contribution in [2.75, 3.05) is 0 Å². The summed E-state index contributed by atoms with van der Waals surface area (Å²) in [5.41, 5.74) is -0.943. The van der Waals surface area contributed by atoms with Crippen LogP contribution in [0.15, 0.2) is 33.9 Å². The van der Waals surface area contributed by atoms with E-state index in [-0.39, 0.29) is 17.0 Å². The van der Waals surface area contributed by atoms with E-state index in [9.17, 15) is 14.8 Å². The molecular formula is C11H7ClN4O3. The van der Waals surface area contributed by atoms with Crippen LogP contribution in [0, 0.1) is 0 Å². The Morgan fingerprint density at radius 1 is 1.16 bits per heavy atom. The second-order valence-electron chi connectivity index (χ2n) is 3.86. The van der Waals surface area contributed by atoms with E-state index in [0.717, 1.165) is 0 Å². The lowest BCUT2D eigenvalue weighted by Crippen LogP contribution is -2.23. The molecule has 0 fully saturated rings. The zero-order valence-corrected chi connectivity index (χ0v) is 10.1. The number of fused-ring (bicyclic) bond motifs is 1. The Bertz CT molecular complexity index is 876. The summed E-state index contributed by atoms with van der Waals surface area (Å²) in [5.74, 6) is 0.138. The van der Waals surface area contributed by atoms with Crippen molar-refractivity contribution in [3.8, 4) is 11.4 Å². The fraction of sp³-hybridized carbons (Fsp3) is 0. The third kappa shape index (κ3) is 1.80. The van der Waals surface area contributed by atoms with Crippen LogP contribution >= 0.6 is 11.6 Å². The minimum atomic E-state index is -0.714. The molecule has 0 saturated heterocycles. The third-order valence-electron chi connectivity index (χ3n) is 2.63. The van der Waals surface area contributed by atoms with Crippen LogP contribution in [-0.2, 0) is 0 Å². The first-order valence-electron chi connectivity index (χ1n) is 5.26. The fourth-order valence-electron chi connectivity index (χ4n) is 1.79. The standard InChI is InChI=1S/C11H7ClN4O3/c12-6-3-1-5(2-4-6)9-13-8-7(16(9)19)10(17)15-11(18)14-8/h1-4,19H,(H2,14,15,17,18). The summed E-state index contributed by atoms with van der Waals surface area (Å²) in [6.07, 6.45) is 0. The molecule has 1 aromatic carbocycles. The van der Waals surface area contributed by atoms with Crippen LogP contribution in [0.1, 0.15) is 0 Å². The Morgan fingerprint density at radius 2 is 1.84 bits per heavy atom. The van der Waals surface area contributed by atoms with Crippen molar-refractivity contribution in [3.63, 3.8) is 0 Å². The number of imidazole rings is 1. The van der Waals surface area contributed by atoms with Gasteiger partial charge < -0.3 is 5.21 Å². The van der Waals surface area contributed by atoms with Crippen molar-refractivity contribution in [1.29, 1.82) is 0 Å². The minimum Gasteiger partial charge on any atom is -0.426 e. The number of aromatic amines is 2. The number of hydrogen-bond acceptors (Lipinski definition) is 4. The predicted molar refractivity (Wildman–Crippen MR) is 68.6 cm³/mol. The first kappa shape index (κ1) is 11.5. The second-order valence-corrected chi connectivity index (χ2v) is 4.30. The second kappa shape index (κ2) is 3.99. The summed E-state index contributed by atoms with van der Waals surface area (Å²) in [6.45, 7) is 0. The van der Waals surface area contributed by atoms with Crippen molar-refractivity contribution in [2.24, 2.45) is 0 Å². The van der Waals surface area contributed by atoms with Crippen molar-refractivity contribution in [1.82, 2.24) is 19.7 Å². The van der Waals surface area contributed by atoms with Gasteiger partial charge in [-0.15, -0.1) is 0 Å². The molecular weight excluding hydrogens is 272 g/mol. The molecule has 7 nitrogen and oxygen atoms in total. The van der Waals surface area contributed by atoms with E-state index in [1.165, 1.54) is 0 Å². The fourth-order valence-corrected chi connectivity index (χ4v) is 1.92. The van der Waals surface area contributed by atoms with E-state index in [4.69, 9.17) is 11.6 Å². The van der Waals surface area contributed by atoms with Crippen LogP contribution < -0.4 is 11.2 Å². The van der Waals surface area contributed by atoms with Gasteiger partial charge in [0, 0.05) is 10.6 Å². The van der Waals surface area contributed by atoms with Crippen molar-refractivity contribution < 1.29 is 5.21 Å². The highest BCUT2D eigenvalue weighted by atomic mass is 35.5. The van der Waals surface area contributed by atoms with Crippen LogP contribution in [0.4, 0.5) is 0 Å². The zero-order valence-electron chi connectivity index (χ0n) is 9.35. The van der Waals surface area contributed by atoms with Gasteiger partial charge in [0.25, 0.3) is 5.56 Å². The summed E-state index contributed by atoms with van der Waals surface area (Å²) in [7, 11) is 0. The number of aromatic nitrogens is 4. The number of hydrogen-bond donors (Lipinski definition) is 3. The number of benzene rings is 1. The number of halogens is 1. The van der Waals surface area contributed by atoms with E-state index in [0.29, 0.717) is 15.3 Å². The van der Waals surface area contributed by atoms with E-state index in [2.05, 4.69) is 9.97 Å². The van der Waals surface area contributed by atoms with Crippen LogP contribution in [0.25, 0.3) is 22.6 Å². The maximum atomic E-state index is 11.6. The molecule has 0 aliphatic carbocycles. The average molecular weight is 279 g/mol. The molecule has 2 heterocycles. The lowest BCUT2D eigenvalue weighted by atomic mass is 10.2. The maximum absolute atomic E-state index is 11.6. The molecule has 3 N–H and O–H groups in total. The molecule has 0 aliphatic rings. The van der Waals surface area contributed by atoms with Gasteiger partial charge in [0.05, 0.1) is 0 Å². The summed E-state index contributed by atoms with van der Waals surface area (Å²) in [5, 5.41) is 10.5. The monoisotopic (exact) mass is 278 g/mol. The molecule has 0 unspecified atom stereocenters. The lowest BCUT2D eigenvalue weighted by molar-refractivity contribution is 0.202. The van der Waals surface area contributed by atoms with Crippen molar-refractivity contribution in [2.45, 2.75) is 0 Å². The van der Waals surface area contributed by atoms with Gasteiger partial charge in [-0.05, 0) is 24.3 Å². The molecule has 96 valence electrons. The van der Waals surface area contributed by atoms with Crippen LogP contribution in [-0.4, -0.2) is 24.9 Å². The lowest BCUT2D eigenvalue weighted by Gasteiger charge is -2.00. The van der Waals surface area contributed by atoms with E-state index >= 15 is 0 Å². The molecule has 0 saturated carbocycles. The Balaban J connectivity index is 2.34. The molecule has 0 amide bonds. The van der Waals surface area contributed by atoms with Gasteiger partial charge in [-0.2, -0.15) is 4.73 Å². The maximum Gasteiger partial charge on any atom is 0.327 e. The molecule has 0 spiro atoms. The van der Waals surface area contributed by atoms with Gasteiger partial charge >= 0.3 is 5.69 Å². The molecule has 3 aromatic rings.